The smallest absolute Gasteiger partial charge is 0.167 e. The Balaban J connectivity index is 0.947. The third-order valence-electron chi connectivity index (χ3n) is 10.1. The van der Waals surface area contributed by atoms with Crippen LogP contribution in [0, 0.1) is 13.8 Å². The lowest BCUT2D eigenvalue weighted by atomic mass is 9.87. The summed E-state index contributed by atoms with van der Waals surface area (Å²) >= 11 is 0. The van der Waals surface area contributed by atoms with Crippen molar-refractivity contribution in [3.8, 4) is 45.0 Å². The highest BCUT2D eigenvalue weighted by Gasteiger charge is 2.18. The summed E-state index contributed by atoms with van der Waals surface area (Å²) in [5, 5.41) is 0. The largest absolute Gasteiger partial charge is 0.210 e. The Hall–Kier alpha value is -6.52. The van der Waals surface area contributed by atoms with Crippen LogP contribution in [0.4, 0.5) is 0 Å². The molecule has 4 nitrogen and oxygen atoms in total. The molecular formula is C48H42N4+4. The quantitative estimate of drug-likeness (QED) is 0.143. The number of para-hydroxylation sites is 2. The summed E-state index contributed by atoms with van der Waals surface area (Å²) < 4.78 is 8.66. The summed E-state index contributed by atoms with van der Waals surface area (Å²) in [5.41, 5.74) is 14.7. The molecule has 0 amide bonds. The van der Waals surface area contributed by atoms with Gasteiger partial charge in [-0.15, -0.1) is 0 Å². The van der Waals surface area contributed by atoms with Crippen LogP contribution < -0.4 is 18.3 Å². The van der Waals surface area contributed by atoms with Crippen molar-refractivity contribution in [2.45, 2.75) is 26.7 Å². The first kappa shape index (κ1) is 32.7. The molecule has 0 spiro atoms. The van der Waals surface area contributed by atoms with Crippen molar-refractivity contribution in [3.05, 3.63) is 217 Å². The second-order valence-electron chi connectivity index (χ2n) is 13.5. The van der Waals surface area contributed by atoms with Gasteiger partial charge in [-0.1, -0.05) is 55.5 Å². The van der Waals surface area contributed by atoms with E-state index in [4.69, 9.17) is 0 Å². The Morgan fingerprint density at radius 1 is 0.327 bits per heavy atom. The Morgan fingerprint density at radius 3 is 0.904 bits per heavy atom. The van der Waals surface area contributed by atoms with Crippen molar-refractivity contribution in [3.63, 3.8) is 0 Å². The van der Waals surface area contributed by atoms with Crippen LogP contribution in [-0.2, 0) is 0 Å². The number of hydrogen-bond acceptors (Lipinski definition) is 0. The van der Waals surface area contributed by atoms with E-state index < -0.39 is 0 Å². The van der Waals surface area contributed by atoms with Gasteiger partial charge in [-0.05, 0) is 58.4 Å². The summed E-state index contributed by atoms with van der Waals surface area (Å²) in [6.07, 6.45) is 17.1. The zero-order valence-corrected chi connectivity index (χ0v) is 29.8. The van der Waals surface area contributed by atoms with E-state index in [0.29, 0.717) is 0 Å². The van der Waals surface area contributed by atoms with Crippen molar-refractivity contribution < 1.29 is 18.3 Å². The molecule has 8 aromatic rings. The van der Waals surface area contributed by atoms with Crippen LogP contribution in [0.2, 0.25) is 0 Å². The van der Waals surface area contributed by atoms with Gasteiger partial charge < -0.3 is 0 Å². The van der Waals surface area contributed by atoms with Crippen LogP contribution in [0.15, 0.2) is 195 Å². The molecule has 0 atom stereocenters. The predicted octanol–water partition coefficient (Wildman–Crippen LogP) is 8.90. The van der Waals surface area contributed by atoms with Crippen LogP contribution in [0.1, 0.15) is 35.1 Å². The maximum absolute atomic E-state index is 2.32. The van der Waals surface area contributed by atoms with Crippen molar-refractivity contribution in [1.82, 2.24) is 0 Å². The van der Waals surface area contributed by atoms with Crippen LogP contribution in [0.5, 0.6) is 0 Å². The van der Waals surface area contributed by atoms with Gasteiger partial charge in [0, 0.05) is 103 Å². The first-order valence-corrected chi connectivity index (χ1v) is 17.9. The highest BCUT2D eigenvalue weighted by Crippen LogP contribution is 2.30. The summed E-state index contributed by atoms with van der Waals surface area (Å²) in [4.78, 5) is 0. The third kappa shape index (κ3) is 6.79. The number of pyridine rings is 4. The molecule has 0 aliphatic heterocycles. The lowest BCUT2D eigenvalue weighted by Gasteiger charge is -2.18. The van der Waals surface area contributed by atoms with Gasteiger partial charge in [0.2, 0.25) is 22.7 Å². The molecule has 0 bridgehead atoms. The van der Waals surface area contributed by atoms with Crippen LogP contribution in [0.3, 0.4) is 0 Å². The van der Waals surface area contributed by atoms with Gasteiger partial charge >= 0.3 is 0 Å². The van der Waals surface area contributed by atoms with E-state index >= 15 is 0 Å². The van der Waals surface area contributed by atoms with Gasteiger partial charge in [-0.25, -0.2) is 0 Å². The molecule has 4 aromatic heterocycles. The number of aryl methyl sites for hydroxylation is 2. The first-order chi connectivity index (χ1) is 25.5. The van der Waals surface area contributed by atoms with Crippen molar-refractivity contribution in [2.75, 3.05) is 0 Å². The van der Waals surface area contributed by atoms with E-state index in [1.807, 2.05) is 12.1 Å². The average molecular weight is 675 g/mol. The van der Waals surface area contributed by atoms with Crippen molar-refractivity contribution in [2.24, 2.45) is 0 Å². The zero-order valence-electron chi connectivity index (χ0n) is 29.8. The average Bonchev–Trinajstić information content (AvgIpc) is 3.21. The summed E-state index contributed by atoms with van der Waals surface area (Å²) in [5.74, 6) is 0.274. The third-order valence-corrected chi connectivity index (χ3v) is 10.1. The second-order valence-corrected chi connectivity index (χ2v) is 13.5. The maximum atomic E-state index is 2.32. The molecule has 0 N–H and O–H groups in total. The molecule has 4 heterocycles. The van der Waals surface area contributed by atoms with E-state index in [2.05, 4.69) is 222 Å². The van der Waals surface area contributed by atoms with E-state index in [-0.39, 0.29) is 5.92 Å². The number of aromatic nitrogens is 4. The molecule has 52 heavy (non-hydrogen) atoms. The summed E-state index contributed by atoms with van der Waals surface area (Å²) in [6, 6.07) is 51.9. The SMILES string of the molecule is Cc1cc(-[n+]2ccc(-c3cc[n+](-c4ccccc4)cc3)cc2)ccc1C(C)c1ccc(-[n+]2ccc(-c3cc[n+](-c4ccccc4)cc3)cc2)cc1C. The minimum atomic E-state index is 0.274. The van der Waals surface area contributed by atoms with Crippen LogP contribution >= 0.6 is 0 Å². The number of hydrogen-bond donors (Lipinski definition) is 0. The molecule has 4 heteroatoms. The summed E-state index contributed by atoms with van der Waals surface area (Å²) in [7, 11) is 0. The first-order valence-electron chi connectivity index (χ1n) is 17.9. The minimum Gasteiger partial charge on any atom is -0.167 e. The lowest BCUT2D eigenvalue weighted by molar-refractivity contribution is -0.596. The van der Waals surface area contributed by atoms with Gasteiger partial charge in [0.15, 0.2) is 49.6 Å². The molecule has 0 saturated carbocycles. The highest BCUT2D eigenvalue weighted by atomic mass is 14.9. The molecule has 0 aliphatic rings. The molecule has 4 aromatic carbocycles. The van der Waals surface area contributed by atoms with Crippen molar-refractivity contribution >= 4 is 0 Å². The predicted molar refractivity (Wildman–Crippen MR) is 207 cm³/mol. The molecule has 8 rings (SSSR count). The monoisotopic (exact) mass is 674 g/mol. The fourth-order valence-corrected chi connectivity index (χ4v) is 7.14. The van der Waals surface area contributed by atoms with Gasteiger partial charge in [0.1, 0.15) is 0 Å². The standard InChI is InChI=1S/C48H42N4/c1-36-34-45(51-30-22-41(23-31-51)39-18-26-49(27-19-39)43-10-6-4-7-11-43)14-16-47(36)38(3)48-17-15-46(35-37(48)2)52-32-24-42(25-33-52)40-20-28-50(29-21-40)44-12-8-5-9-13-44/h4-35,38H,1-3H3/q+4. The topological polar surface area (TPSA) is 15.5 Å². The summed E-state index contributed by atoms with van der Waals surface area (Å²) in [6.45, 7) is 6.77. The van der Waals surface area contributed by atoms with Gasteiger partial charge in [-0.3, -0.25) is 0 Å². The molecular weight excluding hydrogens is 633 g/mol. The Kier molecular flexibility index (Phi) is 9.03. The van der Waals surface area contributed by atoms with Crippen LogP contribution in [0.25, 0.3) is 45.0 Å². The van der Waals surface area contributed by atoms with E-state index in [0.717, 1.165) is 22.7 Å². The Labute approximate surface area is 306 Å². The van der Waals surface area contributed by atoms with E-state index in [9.17, 15) is 0 Å². The van der Waals surface area contributed by atoms with E-state index in [1.165, 1.54) is 44.5 Å². The molecule has 0 saturated heterocycles. The van der Waals surface area contributed by atoms with Crippen LogP contribution in [-0.4, -0.2) is 0 Å². The molecule has 250 valence electrons. The number of benzene rings is 4. The Bertz CT molecular complexity index is 2260. The fourth-order valence-electron chi connectivity index (χ4n) is 7.14. The molecule has 0 aliphatic carbocycles. The number of nitrogens with zero attached hydrogens (tertiary/aromatic N) is 4. The second kappa shape index (κ2) is 14.4. The molecule has 0 radical (unpaired) electrons. The number of rotatable bonds is 8. The zero-order chi connectivity index (χ0) is 35.4. The van der Waals surface area contributed by atoms with Gasteiger partial charge in [0.05, 0.1) is 0 Å². The molecule has 0 unspecified atom stereocenters. The van der Waals surface area contributed by atoms with Crippen molar-refractivity contribution in [1.29, 1.82) is 0 Å². The van der Waals surface area contributed by atoms with E-state index in [1.54, 1.807) is 0 Å². The Morgan fingerprint density at radius 2 is 0.615 bits per heavy atom. The highest BCUT2D eigenvalue weighted by molar-refractivity contribution is 5.62. The fraction of sp³-hybridized carbons (Fsp3) is 0.0833. The molecule has 0 fully saturated rings. The van der Waals surface area contributed by atoms with Gasteiger partial charge in [0.25, 0.3) is 0 Å². The minimum absolute atomic E-state index is 0.274. The van der Waals surface area contributed by atoms with Gasteiger partial charge in [-0.2, -0.15) is 18.3 Å². The maximum Gasteiger partial charge on any atom is 0.210 e. The normalized spacial score (nSPS) is 11.2. The lowest BCUT2D eigenvalue weighted by Crippen LogP contribution is -2.30.